The van der Waals surface area contributed by atoms with Gasteiger partial charge in [0, 0.05) is 11.1 Å². The molecule has 1 aliphatic carbocycles. The first kappa shape index (κ1) is 15.7. The molecule has 2 aromatic carbocycles. The lowest BCUT2D eigenvalue weighted by atomic mass is 10.00. The summed E-state index contributed by atoms with van der Waals surface area (Å²) in [7, 11) is 0. The third-order valence-electron chi connectivity index (χ3n) is 3.85. The van der Waals surface area contributed by atoms with Crippen molar-refractivity contribution in [1.29, 1.82) is 0 Å². The predicted octanol–water partition coefficient (Wildman–Crippen LogP) is 3.44. The molecule has 0 atom stereocenters. The highest BCUT2D eigenvalue weighted by Gasteiger charge is 2.28. The van der Waals surface area contributed by atoms with E-state index in [1.54, 1.807) is 25.1 Å². The molecule has 118 valence electrons. The van der Waals surface area contributed by atoms with Crippen molar-refractivity contribution in [3.05, 3.63) is 56.8 Å². The van der Waals surface area contributed by atoms with E-state index in [9.17, 15) is 14.0 Å². The molecule has 2 N–H and O–H groups in total. The Morgan fingerprint density at radius 3 is 2.74 bits per heavy atom. The summed E-state index contributed by atoms with van der Waals surface area (Å²) in [4.78, 5) is 23.5. The summed E-state index contributed by atoms with van der Waals surface area (Å²) in [5.41, 5.74) is 8.42. The maximum absolute atomic E-state index is 14.5. The molecule has 2 aromatic rings. The van der Waals surface area contributed by atoms with Gasteiger partial charge in [-0.1, -0.05) is 6.07 Å². The van der Waals surface area contributed by atoms with Gasteiger partial charge in [-0.15, -0.1) is 0 Å². The quantitative estimate of drug-likeness (QED) is 0.710. The van der Waals surface area contributed by atoms with Gasteiger partial charge in [0.25, 0.3) is 0 Å². The molecule has 0 aromatic heterocycles. The summed E-state index contributed by atoms with van der Waals surface area (Å²) in [5, 5.41) is 0. The number of rotatable bonds is 3. The Balaban J connectivity index is 2.16. The molecule has 3 rings (SSSR count). The van der Waals surface area contributed by atoms with Gasteiger partial charge in [-0.25, -0.2) is 9.18 Å². The van der Waals surface area contributed by atoms with Crippen molar-refractivity contribution < 1.29 is 18.7 Å². The van der Waals surface area contributed by atoms with Crippen LogP contribution in [0.25, 0.3) is 11.1 Å². The molecule has 0 fully saturated rings. The largest absolute Gasteiger partial charge is 0.462 e. The molecule has 6 heteroatoms. The van der Waals surface area contributed by atoms with Crippen molar-refractivity contribution in [2.45, 2.75) is 13.3 Å². The summed E-state index contributed by atoms with van der Waals surface area (Å²) in [5.74, 6) is -1.48. The summed E-state index contributed by atoms with van der Waals surface area (Å²) in [6, 6.07) is 6.34. The zero-order valence-corrected chi connectivity index (χ0v) is 13.9. The van der Waals surface area contributed by atoms with Gasteiger partial charge in [0.1, 0.15) is 5.82 Å². The molecule has 0 bridgehead atoms. The Morgan fingerprint density at radius 2 is 2.09 bits per heavy atom. The molecular formula is C17H13BrFNO3. The Morgan fingerprint density at radius 1 is 1.35 bits per heavy atom. The van der Waals surface area contributed by atoms with Crippen LogP contribution in [0.1, 0.15) is 38.8 Å². The van der Waals surface area contributed by atoms with Crippen LogP contribution in [0.2, 0.25) is 0 Å². The molecule has 0 radical (unpaired) electrons. The number of halogens is 2. The maximum atomic E-state index is 14.5. The third kappa shape index (κ3) is 2.53. The van der Waals surface area contributed by atoms with Crippen molar-refractivity contribution in [3.63, 3.8) is 0 Å². The van der Waals surface area contributed by atoms with E-state index in [0.29, 0.717) is 28.7 Å². The lowest BCUT2D eigenvalue weighted by Crippen LogP contribution is -2.14. The smallest absolute Gasteiger partial charge is 0.338 e. The molecule has 0 spiro atoms. The van der Waals surface area contributed by atoms with E-state index in [2.05, 4.69) is 15.9 Å². The van der Waals surface area contributed by atoms with Gasteiger partial charge in [0.2, 0.25) is 5.91 Å². The number of hydrogen-bond acceptors (Lipinski definition) is 3. The number of benzene rings is 2. The molecule has 0 unspecified atom stereocenters. The van der Waals surface area contributed by atoms with Gasteiger partial charge in [-0.05, 0) is 64.2 Å². The molecular weight excluding hydrogens is 365 g/mol. The van der Waals surface area contributed by atoms with Gasteiger partial charge < -0.3 is 10.5 Å². The van der Waals surface area contributed by atoms with E-state index >= 15 is 0 Å². The topological polar surface area (TPSA) is 69.4 Å². The Labute approximate surface area is 140 Å². The number of ether oxygens (including phenoxy) is 1. The van der Waals surface area contributed by atoms with Crippen molar-refractivity contribution in [2.75, 3.05) is 6.61 Å². The van der Waals surface area contributed by atoms with E-state index < -0.39 is 17.7 Å². The normalized spacial score (nSPS) is 11.8. The SMILES string of the molecule is CCOC(=O)c1ccc2c(c1)Cc1c(C(N)=O)cc(Br)c(F)c1-2. The standard InChI is InChI=1S/C17H13BrFNO3/c1-2-23-17(22)8-3-4-10-9(5-8)6-11-12(16(20)21)7-13(18)15(19)14(10)11/h3-5,7H,2,6H2,1H3,(H2,20,21). The van der Waals surface area contributed by atoms with Crippen molar-refractivity contribution in [2.24, 2.45) is 5.73 Å². The fraction of sp³-hybridized carbons (Fsp3) is 0.176. The van der Waals surface area contributed by atoms with E-state index in [-0.39, 0.29) is 16.6 Å². The highest BCUT2D eigenvalue weighted by molar-refractivity contribution is 9.10. The fourth-order valence-electron chi connectivity index (χ4n) is 2.86. The van der Waals surface area contributed by atoms with Crippen LogP contribution in [-0.2, 0) is 11.2 Å². The molecule has 1 amide bonds. The third-order valence-corrected chi connectivity index (χ3v) is 4.42. The predicted molar refractivity (Wildman–Crippen MR) is 86.8 cm³/mol. The van der Waals surface area contributed by atoms with E-state index in [1.165, 1.54) is 6.07 Å². The minimum atomic E-state index is -0.611. The second-order valence-electron chi connectivity index (χ2n) is 5.21. The minimum Gasteiger partial charge on any atom is -0.462 e. The first-order valence-electron chi connectivity index (χ1n) is 7.05. The summed E-state index contributed by atoms with van der Waals surface area (Å²) in [6.07, 6.45) is 0.348. The second-order valence-corrected chi connectivity index (χ2v) is 6.06. The van der Waals surface area contributed by atoms with Crippen LogP contribution in [0, 0.1) is 5.82 Å². The average Bonchev–Trinajstić information content (AvgIpc) is 2.89. The minimum absolute atomic E-state index is 0.187. The molecule has 0 saturated heterocycles. The van der Waals surface area contributed by atoms with Gasteiger partial charge in [-0.2, -0.15) is 0 Å². The number of carbonyl (C=O) groups excluding carboxylic acids is 2. The first-order chi connectivity index (χ1) is 10.9. The maximum Gasteiger partial charge on any atom is 0.338 e. The van der Waals surface area contributed by atoms with Crippen LogP contribution in [0.15, 0.2) is 28.7 Å². The molecule has 4 nitrogen and oxygen atoms in total. The molecule has 1 aliphatic rings. The Bertz CT molecular complexity index is 848. The molecule has 0 saturated carbocycles. The number of esters is 1. The van der Waals surface area contributed by atoms with Crippen LogP contribution in [0.3, 0.4) is 0 Å². The van der Waals surface area contributed by atoms with Crippen LogP contribution in [0.5, 0.6) is 0 Å². The zero-order chi connectivity index (χ0) is 16.7. The molecule has 0 aliphatic heterocycles. The van der Waals surface area contributed by atoms with E-state index in [0.717, 1.165) is 5.56 Å². The highest BCUT2D eigenvalue weighted by atomic mass is 79.9. The first-order valence-corrected chi connectivity index (χ1v) is 7.84. The number of amides is 1. The summed E-state index contributed by atoms with van der Waals surface area (Å²) in [6.45, 7) is 2.01. The summed E-state index contributed by atoms with van der Waals surface area (Å²) >= 11 is 3.12. The van der Waals surface area contributed by atoms with E-state index in [4.69, 9.17) is 10.5 Å². The van der Waals surface area contributed by atoms with Crippen LogP contribution >= 0.6 is 15.9 Å². The zero-order valence-electron chi connectivity index (χ0n) is 12.3. The van der Waals surface area contributed by atoms with Crippen molar-refractivity contribution in [3.8, 4) is 11.1 Å². The van der Waals surface area contributed by atoms with Gasteiger partial charge in [-0.3, -0.25) is 4.79 Å². The Hall–Kier alpha value is -2.21. The number of carbonyl (C=O) groups is 2. The number of nitrogens with two attached hydrogens (primary N) is 1. The molecule has 23 heavy (non-hydrogen) atoms. The lowest BCUT2D eigenvalue weighted by Gasteiger charge is -2.09. The van der Waals surface area contributed by atoms with Crippen molar-refractivity contribution >= 4 is 27.8 Å². The van der Waals surface area contributed by atoms with Crippen LogP contribution < -0.4 is 5.73 Å². The van der Waals surface area contributed by atoms with Crippen LogP contribution in [-0.4, -0.2) is 18.5 Å². The number of hydrogen-bond donors (Lipinski definition) is 1. The lowest BCUT2D eigenvalue weighted by molar-refractivity contribution is 0.0526. The number of fused-ring (bicyclic) bond motifs is 3. The average molecular weight is 378 g/mol. The second kappa shape index (κ2) is 5.77. The van der Waals surface area contributed by atoms with Gasteiger partial charge in [0.15, 0.2) is 0 Å². The molecule has 0 heterocycles. The fourth-order valence-corrected chi connectivity index (χ4v) is 3.29. The van der Waals surface area contributed by atoms with Crippen molar-refractivity contribution in [1.82, 2.24) is 0 Å². The van der Waals surface area contributed by atoms with Gasteiger partial charge in [0.05, 0.1) is 16.6 Å². The van der Waals surface area contributed by atoms with Crippen LogP contribution in [0.4, 0.5) is 4.39 Å². The number of primary amides is 1. The monoisotopic (exact) mass is 377 g/mol. The van der Waals surface area contributed by atoms with E-state index in [1.807, 2.05) is 0 Å². The highest BCUT2D eigenvalue weighted by Crippen LogP contribution is 2.42. The summed E-state index contributed by atoms with van der Waals surface area (Å²) < 4.78 is 19.7. The van der Waals surface area contributed by atoms with Gasteiger partial charge >= 0.3 is 5.97 Å². The Kier molecular flexibility index (Phi) is 3.93.